The van der Waals surface area contributed by atoms with Crippen LogP contribution in [0.4, 0.5) is 4.39 Å². The van der Waals surface area contributed by atoms with Crippen molar-refractivity contribution in [2.45, 2.75) is 27.2 Å². The van der Waals surface area contributed by atoms with E-state index in [4.69, 9.17) is 0 Å². The monoisotopic (exact) mass is 458 g/mol. The summed E-state index contributed by atoms with van der Waals surface area (Å²) in [5, 5.41) is 1.00. The largest absolute Gasteiger partial charge is 0.267 e. The van der Waals surface area contributed by atoms with Crippen LogP contribution in [0.2, 0.25) is 0 Å². The second-order valence-electron chi connectivity index (χ2n) is 5.62. The molecule has 2 nitrogen and oxygen atoms in total. The minimum atomic E-state index is -0.198. The van der Waals surface area contributed by atoms with Crippen LogP contribution in [0.1, 0.15) is 32.0 Å². The summed E-state index contributed by atoms with van der Waals surface area (Å²) in [5.41, 5.74) is 2.48. The van der Waals surface area contributed by atoms with Gasteiger partial charge in [0.05, 0.1) is 0 Å². The predicted octanol–water partition coefficient (Wildman–Crippen LogP) is 7.70. The molecule has 0 aliphatic rings. The first kappa shape index (κ1) is 22.2. The molecule has 2 heterocycles. The first-order valence-electron chi connectivity index (χ1n) is 9.16. The molecule has 0 spiro atoms. The van der Waals surface area contributed by atoms with Crippen LogP contribution >= 0.6 is 27.9 Å². The maximum atomic E-state index is 14.2. The molecule has 0 amide bonds. The number of pyridine rings is 1. The third-order valence-corrected chi connectivity index (χ3v) is 5.58. The number of benzene rings is 1. The van der Waals surface area contributed by atoms with Gasteiger partial charge >= 0.3 is 0 Å². The van der Waals surface area contributed by atoms with E-state index < -0.39 is 0 Å². The van der Waals surface area contributed by atoms with Gasteiger partial charge in [0.15, 0.2) is 5.65 Å². The number of aromatic nitrogens is 2. The van der Waals surface area contributed by atoms with Crippen molar-refractivity contribution in [2.75, 3.05) is 0 Å². The SMILES string of the molecule is C=C/C=C(\C=C/C)Sn1c(Cc2ccccc2F)cc2c(Br)ccnc21.CC. The van der Waals surface area contributed by atoms with E-state index in [-0.39, 0.29) is 5.82 Å². The first-order valence-corrected chi connectivity index (χ1v) is 10.7. The van der Waals surface area contributed by atoms with Gasteiger partial charge in [0.1, 0.15) is 5.82 Å². The number of rotatable bonds is 6. The molecule has 5 heteroatoms. The molecule has 0 saturated carbocycles. The van der Waals surface area contributed by atoms with Crippen molar-refractivity contribution in [3.8, 4) is 0 Å². The topological polar surface area (TPSA) is 17.8 Å². The molecule has 3 aromatic rings. The van der Waals surface area contributed by atoms with Crippen LogP contribution in [0.3, 0.4) is 0 Å². The number of hydrogen-bond donors (Lipinski definition) is 0. The van der Waals surface area contributed by atoms with E-state index in [0.29, 0.717) is 12.0 Å². The molecule has 0 N–H and O–H groups in total. The van der Waals surface area contributed by atoms with Crippen LogP contribution in [-0.2, 0) is 6.42 Å². The molecule has 0 aliphatic heterocycles. The molecule has 0 saturated heterocycles. The summed E-state index contributed by atoms with van der Waals surface area (Å²) < 4.78 is 17.2. The molecular weight excluding hydrogens is 435 g/mol. The molecule has 0 bridgehead atoms. The lowest BCUT2D eigenvalue weighted by Gasteiger charge is -2.10. The van der Waals surface area contributed by atoms with Crippen molar-refractivity contribution < 1.29 is 4.39 Å². The van der Waals surface area contributed by atoms with Crippen molar-refractivity contribution in [1.82, 2.24) is 8.96 Å². The van der Waals surface area contributed by atoms with Gasteiger partial charge in [-0.05, 0) is 64.6 Å². The molecule has 3 rings (SSSR count). The third-order valence-electron chi connectivity index (χ3n) is 3.82. The average molecular weight is 459 g/mol. The first-order chi connectivity index (χ1) is 13.6. The number of allylic oxidation sites excluding steroid dienone is 4. The van der Waals surface area contributed by atoms with Crippen LogP contribution in [-0.4, -0.2) is 8.96 Å². The van der Waals surface area contributed by atoms with Crippen LogP contribution < -0.4 is 0 Å². The predicted molar refractivity (Wildman–Crippen MR) is 124 cm³/mol. The Labute approximate surface area is 179 Å². The van der Waals surface area contributed by atoms with E-state index in [9.17, 15) is 4.39 Å². The Morgan fingerprint density at radius 3 is 2.71 bits per heavy atom. The third kappa shape index (κ3) is 5.24. The molecule has 0 atom stereocenters. The van der Waals surface area contributed by atoms with Gasteiger partial charge in [-0.2, -0.15) is 0 Å². The lowest BCUT2D eigenvalue weighted by Crippen LogP contribution is -1.99. The Balaban J connectivity index is 0.00000136. The quantitative estimate of drug-likeness (QED) is 0.352. The number of fused-ring (bicyclic) bond motifs is 1. The van der Waals surface area contributed by atoms with E-state index in [2.05, 4.69) is 37.5 Å². The molecule has 146 valence electrons. The van der Waals surface area contributed by atoms with Gasteiger partial charge in [-0.3, -0.25) is 3.97 Å². The van der Waals surface area contributed by atoms with Gasteiger partial charge < -0.3 is 0 Å². The molecule has 0 radical (unpaired) electrons. The molecule has 0 unspecified atom stereocenters. The van der Waals surface area contributed by atoms with Gasteiger partial charge in [-0.15, -0.1) is 0 Å². The van der Waals surface area contributed by atoms with E-state index in [1.54, 1.807) is 30.3 Å². The van der Waals surface area contributed by atoms with E-state index in [0.717, 1.165) is 26.1 Å². The Morgan fingerprint density at radius 2 is 2.04 bits per heavy atom. The molecular formula is C23H24BrFN2S. The van der Waals surface area contributed by atoms with Crippen LogP contribution in [0.25, 0.3) is 11.0 Å². The van der Waals surface area contributed by atoms with Gasteiger partial charge in [0, 0.05) is 33.1 Å². The highest BCUT2D eigenvalue weighted by Crippen LogP contribution is 2.33. The van der Waals surface area contributed by atoms with Crippen LogP contribution in [0, 0.1) is 5.82 Å². The Bertz CT molecular complexity index is 1010. The lowest BCUT2D eigenvalue weighted by molar-refractivity contribution is 0.613. The molecule has 28 heavy (non-hydrogen) atoms. The summed E-state index contributed by atoms with van der Waals surface area (Å²) in [5.74, 6) is -0.198. The lowest BCUT2D eigenvalue weighted by atomic mass is 10.1. The van der Waals surface area contributed by atoms with Crippen molar-refractivity contribution in [3.63, 3.8) is 0 Å². The van der Waals surface area contributed by atoms with E-state index in [1.807, 2.05) is 57.2 Å². The summed E-state index contributed by atoms with van der Waals surface area (Å²) in [4.78, 5) is 5.57. The molecule has 1 aromatic carbocycles. The summed E-state index contributed by atoms with van der Waals surface area (Å²) in [6, 6.07) is 10.8. The van der Waals surface area contributed by atoms with Crippen molar-refractivity contribution in [1.29, 1.82) is 0 Å². The summed E-state index contributed by atoms with van der Waals surface area (Å²) >= 11 is 5.14. The zero-order valence-corrected chi connectivity index (χ0v) is 18.7. The average Bonchev–Trinajstić information content (AvgIpc) is 3.04. The Kier molecular flexibility index (Phi) is 8.74. The molecule has 0 fully saturated rings. The highest BCUT2D eigenvalue weighted by molar-refractivity contribution is 9.10. The zero-order valence-electron chi connectivity index (χ0n) is 16.3. The fourth-order valence-corrected chi connectivity index (χ4v) is 4.10. The van der Waals surface area contributed by atoms with Crippen molar-refractivity contribution in [3.05, 3.63) is 99.9 Å². The highest BCUT2D eigenvalue weighted by atomic mass is 79.9. The minimum Gasteiger partial charge on any atom is -0.267 e. The van der Waals surface area contributed by atoms with Crippen molar-refractivity contribution in [2.24, 2.45) is 0 Å². The van der Waals surface area contributed by atoms with Crippen molar-refractivity contribution >= 4 is 38.9 Å². The maximum Gasteiger partial charge on any atom is 0.151 e. The minimum absolute atomic E-state index is 0.198. The Hall–Kier alpha value is -2.11. The van der Waals surface area contributed by atoms with Gasteiger partial charge in [-0.1, -0.05) is 56.9 Å². The smallest absolute Gasteiger partial charge is 0.151 e. The number of nitrogens with zero attached hydrogens (tertiary/aromatic N) is 2. The van der Waals surface area contributed by atoms with Gasteiger partial charge in [-0.25, -0.2) is 9.37 Å². The summed E-state index contributed by atoms with van der Waals surface area (Å²) in [6.45, 7) is 9.76. The van der Waals surface area contributed by atoms with Gasteiger partial charge in [0.25, 0.3) is 0 Å². The van der Waals surface area contributed by atoms with Crippen LogP contribution in [0.15, 0.2) is 82.9 Å². The number of hydrogen-bond acceptors (Lipinski definition) is 2. The van der Waals surface area contributed by atoms with E-state index in [1.165, 1.54) is 6.07 Å². The van der Waals surface area contributed by atoms with Crippen LogP contribution in [0.5, 0.6) is 0 Å². The standard InChI is InChI=1S/C21H18BrFN2S.C2H6/c1-3-7-17(8-4-2)26-25-16(13-15-9-5-6-10-20(15)23)14-18-19(22)11-12-24-21(18)25;1-2/h3-12,14H,1,13H2,2H3;1-2H3/b8-4-,17-7+;. The molecule has 2 aromatic heterocycles. The fraction of sp³-hybridized carbons (Fsp3) is 0.174. The molecule has 0 aliphatic carbocycles. The Morgan fingerprint density at radius 1 is 1.29 bits per heavy atom. The fourth-order valence-electron chi connectivity index (χ4n) is 2.66. The zero-order chi connectivity index (χ0) is 20.5. The van der Waals surface area contributed by atoms with E-state index >= 15 is 0 Å². The summed E-state index contributed by atoms with van der Waals surface area (Å²) in [7, 11) is 0. The van der Waals surface area contributed by atoms with Gasteiger partial charge in [0.2, 0.25) is 0 Å². The normalized spacial score (nSPS) is 11.5. The second-order valence-corrected chi connectivity index (χ2v) is 7.50. The highest BCUT2D eigenvalue weighted by Gasteiger charge is 2.15. The number of halogens is 2. The second kappa shape index (κ2) is 11.0. The summed E-state index contributed by atoms with van der Waals surface area (Å²) in [6.07, 6.45) is 9.95. The maximum absolute atomic E-state index is 14.2.